The van der Waals surface area contributed by atoms with Crippen LogP contribution in [0, 0.1) is 5.92 Å². The van der Waals surface area contributed by atoms with Gasteiger partial charge >= 0.3 is 12.2 Å². The molecule has 0 unspecified atom stereocenters. The molecule has 0 aromatic heterocycles. The molecule has 150 valence electrons. The molecule has 1 heterocycles. The van der Waals surface area contributed by atoms with Gasteiger partial charge in [-0.3, -0.25) is 4.79 Å². The molecule has 0 radical (unpaired) electrons. The highest BCUT2D eigenvalue weighted by Gasteiger charge is 2.31. The standard InChI is InChI=1S/C17H22F3N3O4/c1-26-13-4-3-12(9-14(13)27-2)22-16(25)23-7-5-11(6-8-23)15(24)21-10-17(18,19)20/h3-4,9,11H,5-8,10H2,1-2H3,(H,21,24)(H,22,25). The number of rotatable bonds is 5. The topological polar surface area (TPSA) is 79.9 Å². The zero-order valence-electron chi connectivity index (χ0n) is 15.1. The van der Waals surface area contributed by atoms with Crippen molar-refractivity contribution in [2.75, 3.05) is 39.2 Å². The van der Waals surface area contributed by atoms with Crippen LogP contribution in [-0.2, 0) is 4.79 Å². The van der Waals surface area contributed by atoms with Gasteiger partial charge in [-0.25, -0.2) is 4.79 Å². The van der Waals surface area contributed by atoms with E-state index in [1.54, 1.807) is 18.2 Å². The van der Waals surface area contributed by atoms with Crippen molar-refractivity contribution in [2.45, 2.75) is 19.0 Å². The van der Waals surface area contributed by atoms with Crippen molar-refractivity contribution >= 4 is 17.6 Å². The summed E-state index contributed by atoms with van der Waals surface area (Å²) in [5.74, 6) is -0.165. The molecule has 27 heavy (non-hydrogen) atoms. The van der Waals surface area contributed by atoms with Gasteiger partial charge in [0.2, 0.25) is 5.91 Å². The lowest BCUT2D eigenvalue weighted by Gasteiger charge is -2.31. The lowest BCUT2D eigenvalue weighted by molar-refractivity contribution is -0.141. The van der Waals surface area contributed by atoms with E-state index in [1.165, 1.54) is 19.1 Å². The first-order valence-electron chi connectivity index (χ1n) is 8.36. The lowest BCUT2D eigenvalue weighted by Crippen LogP contribution is -2.45. The summed E-state index contributed by atoms with van der Waals surface area (Å²) in [6, 6.07) is 4.59. The number of piperidine rings is 1. The number of hydrogen-bond donors (Lipinski definition) is 2. The Morgan fingerprint density at radius 3 is 2.33 bits per heavy atom. The number of alkyl halides is 3. The van der Waals surface area contributed by atoms with E-state index < -0.39 is 24.5 Å². The van der Waals surface area contributed by atoms with Crippen LogP contribution in [0.25, 0.3) is 0 Å². The third-order valence-electron chi connectivity index (χ3n) is 4.25. The van der Waals surface area contributed by atoms with Gasteiger partial charge in [0.05, 0.1) is 14.2 Å². The molecule has 1 aromatic rings. The smallest absolute Gasteiger partial charge is 0.405 e. The molecule has 1 fully saturated rings. The molecule has 3 amide bonds. The monoisotopic (exact) mass is 389 g/mol. The van der Waals surface area contributed by atoms with Crippen molar-refractivity contribution in [1.82, 2.24) is 10.2 Å². The van der Waals surface area contributed by atoms with Crippen molar-refractivity contribution in [2.24, 2.45) is 5.92 Å². The number of nitrogens with zero attached hydrogens (tertiary/aromatic N) is 1. The van der Waals surface area contributed by atoms with Crippen LogP contribution < -0.4 is 20.1 Å². The van der Waals surface area contributed by atoms with Crippen molar-refractivity contribution in [3.63, 3.8) is 0 Å². The van der Waals surface area contributed by atoms with Crippen LogP contribution in [0.3, 0.4) is 0 Å². The molecule has 1 aliphatic rings. The average molecular weight is 389 g/mol. The van der Waals surface area contributed by atoms with Crippen LogP contribution in [0.1, 0.15) is 12.8 Å². The molecule has 1 aromatic carbocycles. The number of carbonyl (C=O) groups is 2. The highest BCUT2D eigenvalue weighted by atomic mass is 19.4. The second kappa shape index (κ2) is 8.83. The number of ether oxygens (including phenoxy) is 2. The molecule has 0 spiro atoms. The first-order valence-corrected chi connectivity index (χ1v) is 8.36. The van der Waals surface area contributed by atoms with Crippen LogP contribution in [0.5, 0.6) is 11.5 Å². The van der Waals surface area contributed by atoms with Gasteiger partial charge in [0, 0.05) is 30.8 Å². The molecule has 0 bridgehead atoms. The van der Waals surface area contributed by atoms with E-state index in [0.717, 1.165) is 0 Å². The van der Waals surface area contributed by atoms with Gasteiger partial charge in [-0.15, -0.1) is 0 Å². The van der Waals surface area contributed by atoms with Gasteiger partial charge in [-0.05, 0) is 25.0 Å². The van der Waals surface area contributed by atoms with E-state index in [0.29, 0.717) is 30.0 Å². The van der Waals surface area contributed by atoms with Gasteiger partial charge in [0.1, 0.15) is 6.54 Å². The Morgan fingerprint density at radius 1 is 1.15 bits per heavy atom. The molecule has 1 aliphatic heterocycles. The summed E-state index contributed by atoms with van der Waals surface area (Å²) < 4.78 is 46.8. The van der Waals surface area contributed by atoms with Crippen molar-refractivity contribution in [1.29, 1.82) is 0 Å². The van der Waals surface area contributed by atoms with Gasteiger partial charge in [0.15, 0.2) is 11.5 Å². The largest absolute Gasteiger partial charge is 0.493 e. The maximum Gasteiger partial charge on any atom is 0.405 e. The molecule has 10 heteroatoms. The molecule has 2 N–H and O–H groups in total. The summed E-state index contributed by atoms with van der Waals surface area (Å²) in [6.07, 6.45) is -3.82. The van der Waals surface area contributed by atoms with Crippen molar-refractivity contribution in [3.8, 4) is 11.5 Å². The van der Waals surface area contributed by atoms with E-state index in [1.807, 2.05) is 5.32 Å². The fraction of sp³-hybridized carbons (Fsp3) is 0.529. The maximum atomic E-state index is 12.3. The van der Waals surface area contributed by atoms with Gasteiger partial charge in [-0.2, -0.15) is 13.2 Å². The second-order valence-corrected chi connectivity index (χ2v) is 6.09. The summed E-state index contributed by atoms with van der Waals surface area (Å²) in [5, 5.41) is 4.62. The zero-order valence-corrected chi connectivity index (χ0v) is 15.1. The third-order valence-corrected chi connectivity index (χ3v) is 4.25. The Balaban J connectivity index is 1.85. The number of likely N-dealkylation sites (tertiary alicyclic amines) is 1. The number of benzene rings is 1. The van der Waals surface area contributed by atoms with Gasteiger partial charge < -0.3 is 25.0 Å². The summed E-state index contributed by atoms with van der Waals surface area (Å²) in [7, 11) is 2.99. The quantitative estimate of drug-likeness (QED) is 0.811. The van der Waals surface area contributed by atoms with E-state index in [4.69, 9.17) is 9.47 Å². The number of amides is 3. The van der Waals surface area contributed by atoms with Gasteiger partial charge in [0.25, 0.3) is 0 Å². The minimum atomic E-state index is -4.43. The summed E-state index contributed by atoms with van der Waals surface area (Å²) in [6.45, 7) is -0.779. The van der Waals surface area contributed by atoms with Crippen LogP contribution in [0.15, 0.2) is 18.2 Å². The molecule has 7 nitrogen and oxygen atoms in total. The minimum Gasteiger partial charge on any atom is -0.493 e. The fourth-order valence-electron chi connectivity index (χ4n) is 2.79. The first kappa shape index (κ1) is 20.7. The molecular formula is C17H22F3N3O4. The van der Waals surface area contributed by atoms with Crippen molar-refractivity contribution < 1.29 is 32.2 Å². The van der Waals surface area contributed by atoms with Crippen LogP contribution in [-0.4, -0.2) is 56.9 Å². The normalized spacial score (nSPS) is 15.2. The minimum absolute atomic E-state index is 0.281. The molecule has 0 atom stereocenters. The first-order chi connectivity index (χ1) is 12.7. The van der Waals surface area contributed by atoms with Crippen LogP contribution >= 0.6 is 0 Å². The Labute approximate surface area is 154 Å². The SMILES string of the molecule is COc1ccc(NC(=O)N2CCC(C(=O)NCC(F)(F)F)CC2)cc1OC. The van der Waals surface area contributed by atoms with Gasteiger partial charge in [-0.1, -0.05) is 0 Å². The number of halogens is 3. The molecule has 0 aliphatic carbocycles. The number of urea groups is 1. The van der Waals surface area contributed by atoms with Crippen molar-refractivity contribution in [3.05, 3.63) is 18.2 Å². The predicted molar refractivity (Wildman–Crippen MR) is 91.9 cm³/mol. The molecule has 0 saturated carbocycles. The Morgan fingerprint density at radius 2 is 1.78 bits per heavy atom. The Bertz CT molecular complexity index is 674. The summed E-state index contributed by atoms with van der Waals surface area (Å²) in [5.41, 5.74) is 0.516. The van der Waals surface area contributed by atoms with Crippen LogP contribution in [0.2, 0.25) is 0 Å². The number of hydrogen-bond acceptors (Lipinski definition) is 4. The number of anilines is 1. The predicted octanol–water partition coefficient (Wildman–Crippen LogP) is 2.63. The highest BCUT2D eigenvalue weighted by molar-refractivity contribution is 5.90. The fourth-order valence-corrected chi connectivity index (χ4v) is 2.79. The number of methoxy groups -OCH3 is 2. The van der Waals surface area contributed by atoms with Crippen LogP contribution in [0.4, 0.5) is 23.7 Å². The molecular weight excluding hydrogens is 367 g/mol. The van der Waals surface area contributed by atoms with E-state index in [-0.39, 0.29) is 19.1 Å². The van der Waals surface area contributed by atoms with E-state index >= 15 is 0 Å². The number of carbonyl (C=O) groups excluding carboxylic acids is 2. The van der Waals surface area contributed by atoms with E-state index in [2.05, 4.69) is 5.32 Å². The average Bonchev–Trinajstić information content (AvgIpc) is 2.65. The highest BCUT2D eigenvalue weighted by Crippen LogP contribution is 2.30. The molecule has 1 saturated heterocycles. The summed E-state index contributed by atoms with van der Waals surface area (Å²) in [4.78, 5) is 25.7. The Kier molecular flexibility index (Phi) is 6.75. The second-order valence-electron chi connectivity index (χ2n) is 6.09. The summed E-state index contributed by atoms with van der Waals surface area (Å²) >= 11 is 0. The maximum absolute atomic E-state index is 12.3. The third kappa shape index (κ3) is 5.93. The lowest BCUT2D eigenvalue weighted by atomic mass is 9.96. The number of nitrogens with one attached hydrogen (secondary N) is 2. The Hall–Kier alpha value is -2.65. The zero-order chi connectivity index (χ0) is 20.0. The van der Waals surface area contributed by atoms with E-state index in [9.17, 15) is 22.8 Å². The molecule has 2 rings (SSSR count).